The number of hydrogen-bond donors (Lipinski definition) is 2. The average Bonchev–Trinajstić information content (AvgIpc) is 2.40. The van der Waals surface area contributed by atoms with E-state index in [0.717, 1.165) is 25.7 Å². The van der Waals surface area contributed by atoms with Crippen molar-refractivity contribution in [3.8, 4) is 0 Å². The molecule has 3 rings (SSSR count). The van der Waals surface area contributed by atoms with Crippen LogP contribution in [0.25, 0.3) is 0 Å². The standard InChI is InChI=1S/C15H20ClN3O3/c1-2-22-13(21)11-7-17-14(16)19-12(11)18-10-5-15(6-10)3-9(4-15)8-20/h7,9-10,20H,2-6,8H2,1H3,(H,17,18,19). The van der Waals surface area contributed by atoms with Gasteiger partial charge in [0.25, 0.3) is 0 Å². The summed E-state index contributed by atoms with van der Waals surface area (Å²) in [5, 5.41) is 12.5. The highest BCUT2D eigenvalue weighted by Gasteiger charge is 2.52. The number of aliphatic hydroxyl groups excluding tert-OH is 1. The third kappa shape index (κ3) is 2.90. The third-order valence-corrected chi connectivity index (χ3v) is 4.84. The van der Waals surface area contributed by atoms with Crippen molar-refractivity contribution in [3.05, 3.63) is 17.0 Å². The number of anilines is 1. The van der Waals surface area contributed by atoms with Crippen molar-refractivity contribution in [2.75, 3.05) is 18.5 Å². The molecule has 1 aromatic rings. The molecule has 0 aromatic carbocycles. The van der Waals surface area contributed by atoms with Gasteiger partial charge in [0.15, 0.2) is 0 Å². The zero-order valence-corrected chi connectivity index (χ0v) is 13.3. The molecule has 7 heteroatoms. The minimum Gasteiger partial charge on any atom is -0.462 e. The fourth-order valence-electron chi connectivity index (χ4n) is 3.74. The van der Waals surface area contributed by atoms with Crippen LogP contribution in [0.2, 0.25) is 5.28 Å². The van der Waals surface area contributed by atoms with E-state index in [1.807, 2.05) is 0 Å². The molecule has 0 bridgehead atoms. The summed E-state index contributed by atoms with van der Waals surface area (Å²) in [7, 11) is 0. The second-order valence-electron chi connectivity index (χ2n) is 6.33. The number of ether oxygens (including phenoxy) is 1. The van der Waals surface area contributed by atoms with Crippen LogP contribution in [0.1, 0.15) is 43.0 Å². The smallest absolute Gasteiger partial charge is 0.343 e. The van der Waals surface area contributed by atoms with Crippen LogP contribution in [0.5, 0.6) is 0 Å². The topological polar surface area (TPSA) is 84.3 Å². The molecule has 22 heavy (non-hydrogen) atoms. The van der Waals surface area contributed by atoms with E-state index in [0.29, 0.717) is 29.3 Å². The van der Waals surface area contributed by atoms with Gasteiger partial charge in [-0.1, -0.05) is 0 Å². The van der Waals surface area contributed by atoms with E-state index in [2.05, 4.69) is 15.3 Å². The summed E-state index contributed by atoms with van der Waals surface area (Å²) in [6.07, 6.45) is 5.66. The van der Waals surface area contributed by atoms with E-state index >= 15 is 0 Å². The van der Waals surface area contributed by atoms with Crippen molar-refractivity contribution in [2.24, 2.45) is 11.3 Å². The number of rotatable bonds is 5. The molecule has 2 fully saturated rings. The number of esters is 1. The first-order valence-electron chi connectivity index (χ1n) is 7.62. The Morgan fingerprint density at radius 3 is 2.86 bits per heavy atom. The molecule has 1 aromatic heterocycles. The number of carbonyl (C=O) groups is 1. The van der Waals surface area contributed by atoms with Crippen molar-refractivity contribution >= 4 is 23.4 Å². The molecule has 1 heterocycles. The van der Waals surface area contributed by atoms with Gasteiger partial charge in [-0.25, -0.2) is 9.78 Å². The van der Waals surface area contributed by atoms with Crippen molar-refractivity contribution in [1.29, 1.82) is 0 Å². The lowest BCUT2D eigenvalue weighted by Crippen LogP contribution is -2.53. The summed E-state index contributed by atoms with van der Waals surface area (Å²) in [5.41, 5.74) is 0.695. The summed E-state index contributed by atoms with van der Waals surface area (Å²) in [6.45, 7) is 2.34. The average molecular weight is 326 g/mol. The van der Waals surface area contributed by atoms with Gasteiger partial charge in [-0.2, -0.15) is 4.98 Å². The minimum absolute atomic E-state index is 0.105. The lowest BCUT2D eigenvalue weighted by atomic mass is 9.50. The molecule has 0 saturated heterocycles. The zero-order chi connectivity index (χ0) is 15.7. The van der Waals surface area contributed by atoms with Crippen LogP contribution in [0.15, 0.2) is 6.20 Å². The predicted octanol–water partition coefficient (Wildman–Crippen LogP) is 2.27. The fourth-order valence-corrected chi connectivity index (χ4v) is 3.87. The maximum absolute atomic E-state index is 11.9. The molecule has 6 nitrogen and oxygen atoms in total. The Kier molecular flexibility index (Phi) is 4.23. The van der Waals surface area contributed by atoms with Gasteiger partial charge >= 0.3 is 5.97 Å². The summed E-state index contributed by atoms with van der Waals surface area (Å²) in [6, 6.07) is 0.277. The van der Waals surface area contributed by atoms with Crippen LogP contribution in [-0.2, 0) is 4.74 Å². The summed E-state index contributed by atoms with van der Waals surface area (Å²) >= 11 is 5.83. The van der Waals surface area contributed by atoms with E-state index < -0.39 is 5.97 Å². The van der Waals surface area contributed by atoms with Gasteiger partial charge in [-0.15, -0.1) is 0 Å². The number of nitrogens with zero attached hydrogens (tertiary/aromatic N) is 2. The molecule has 0 radical (unpaired) electrons. The number of halogens is 1. The van der Waals surface area contributed by atoms with Crippen LogP contribution in [0, 0.1) is 11.3 Å². The Morgan fingerprint density at radius 2 is 2.23 bits per heavy atom. The molecule has 2 N–H and O–H groups in total. The van der Waals surface area contributed by atoms with Gasteiger partial charge in [-0.05, 0) is 55.5 Å². The van der Waals surface area contributed by atoms with Crippen LogP contribution >= 0.6 is 11.6 Å². The maximum Gasteiger partial charge on any atom is 0.343 e. The van der Waals surface area contributed by atoms with Gasteiger partial charge in [0.05, 0.1) is 6.61 Å². The summed E-state index contributed by atoms with van der Waals surface area (Å²) in [4.78, 5) is 19.9. The third-order valence-electron chi connectivity index (χ3n) is 4.66. The Bertz CT molecular complexity index is 567. The van der Waals surface area contributed by atoms with Gasteiger partial charge < -0.3 is 15.2 Å². The molecule has 0 aliphatic heterocycles. The van der Waals surface area contributed by atoms with Crippen LogP contribution < -0.4 is 5.32 Å². The number of nitrogens with one attached hydrogen (secondary N) is 1. The summed E-state index contributed by atoms with van der Waals surface area (Å²) in [5.74, 6) is 0.459. The predicted molar refractivity (Wildman–Crippen MR) is 81.9 cm³/mol. The van der Waals surface area contributed by atoms with Gasteiger partial charge in [0.2, 0.25) is 5.28 Å². The van der Waals surface area contributed by atoms with Crippen LogP contribution in [0.3, 0.4) is 0 Å². The normalized spacial score (nSPS) is 29.6. The number of aromatic nitrogens is 2. The van der Waals surface area contributed by atoms with E-state index in [4.69, 9.17) is 21.4 Å². The quantitative estimate of drug-likeness (QED) is 0.638. The number of aliphatic hydroxyl groups is 1. The van der Waals surface area contributed by atoms with Crippen molar-refractivity contribution in [1.82, 2.24) is 9.97 Å². The van der Waals surface area contributed by atoms with E-state index in [-0.39, 0.29) is 17.9 Å². The fraction of sp³-hybridized carbons (Fsp3) is 0.667. The minimum atomic E-state index is -0.445. The first-order chi connectivity index (χ1) is 10.5. The van der Waals surface area contributed by atoms with E-state index in [9.17, 15) is 4.79 Å². The molecule has 1 spiro atoms. The maximum atomic E-state index is 11.9. The molecule has 2 aliphatic carbocycles. The lowest BCUT2D eigenvalue weighted by molar-refractivity contribution is -0.0534. The summed E-state index contributed by atoms with van der Waals surface area (Å²) < 4.78 is 5.01. The lowest BCUT2D eigenvalue weighted by Gasteiger charge is -2.57. The highest BCUT2D eigenvalue weighted by atomic mass is 35.5. The molecular weight excluding hydrogens is 306 g/mol. The Hall–Kier alpha value is -1.40. The largest absolute Gasteiger partial charge is 0.462 e. The van der Waals surface area contributed by atoms with Gasteiger partial charge in [-0.3, -0.25) is 0 Å². The van der Waals surface area contributed by atoms with Crippen LogP contribution in [0.4, 0.5) is 5.82 Å². The van der Waals surface area contributed by atoms with E-state index in [1.54, 1.807) is 6.92 Å². The van der Waals surface area contributed by atoms with E-state index in [1.165, 1.54) is 6.20 Å². The van der Waals surface area contributed by atoms with Crippen molar-refractivity contribution in [2.45, 2.75) is 38.6 Å². The van der Waals surface area contributed by atoms with Crippen molar-refractivity contribution < 1.29 is 14.6 Å². The second kappa shape index (κ2) is 6.01. The first kappa shape index (κ1) is 15.5. The Morgan fingerprint density at radius 1 is 1.50 bits per heavy atom. The first-order valence-corrected chi connectivity index (χ1v) is 8.00. The molecule has 2 saturated carbocycles. The number of carbonyl (C=O) groups excluding carboxylic acids is 1. The van der Waals surface area contributed by atoms with Crippen LogP contribution in [-0.4, -0.2) is 40.3 Å². The van der Waals surface area contributed by atoms with Crippen molar-refractivity contribution in [3.63, 3.8) is 0 Å². The molecular formula is C15H20ClN3O3. The Balaban J connectivity index is 1.63. The van der Waals surface area contributed by atoms with Gasteiger partial charge in [0, 0.05) is 18.8 Å². The SMILES string of the molecule is CCOC(=O)c1cnc(Cl)nc1NC1CC2(CC(CO)C2)C1. The molecule has 0 unspecified atom stereocenters. The second-order valence-corrected chi connectivity index (χ2v) is 6.67. The molecule has 120 valence electrons. The van der Waals surface area contributed by atoms with Gasteiger partial charge in [0.1, 0.15) is 11.4 Å². The highest BCUT2D eigenvalue weighted by Crippen LogP contribution is 2.59. The Labute approximate surface area is 134 Å². The highest BCUT2D eigenvalue weighted by molar-refractivity contribution is 6.28. The zero-order valence-electron chi connectivity index (χ0n) is 12.5. The molecule has 0 amide bonds. The molecule has 2 aliphatic rings. The monoisotopic (exact) mass is 325 g/mol. The molecule has 0 atom stereocenters. The number of hydrogen-bond acceptors (Lipinski definition) is 6.